The van der Waals surface area contributed by atoms with E-state index < -0.39 is 6.10 Å². The molecule has 0 amide bonds. The Morgan fingerprint density at radius 3 is 0.910 bits per heavy atom. The summed E-state index contributed by atoms with van der Waals surface area (Å²) in [6.45, 7) is 6.52. The summed E-state index contributed by atoms with van der Waals surface area (Å²) in [6.07, 6.45) is 70.4. The molecule has 0 radical (unpaired) electrons. The van der Waals surface area contributed by atoms with Crippen LogP contribution in [0.2, 0.25) is 0 Å². The molecule has 1 unspecified atom stereocenters. The van der Waals surface area contributed by atoms with Gasteiger partial charge in [-0.2, -0.15) is 0 Å². The van der Waals surface area contributed by atoms with Crippen LogP contribution in [0.15, 0.2) is 72.9 Å². The molecule has 0 saturated heterocycles. The third-order valence-corrected chi connectivity index (χ3v) is 12.2. The molecule has 0 bridgehead atoms. The van der Waals surface area contributed by atoms with Crippen molar-refractivity contribution in [3.05, 3.63) is 72.9 Å². The monoisotopic (exact) mass is 935 g/mol. The summed E-state index contributed by atoms with van der Waals surface area (Å²) in [5.74, 6) is -0.876. The van der Waals surface area contributed by atoms with E-state index in [2.05, 4.69) is 93.7 Å². The SMILES string of the molecule is CC/C=C\C/C=C\C/C=C\C/C=C\C/C=C\C/C=C\CCCCCCCCCCC(=O)OCC(COC(=O)CCCCCCCCCCCC)OC(=O)CCCCCCCCCCCCCC. The minimum Gasteiger partial charge on any atom is -0.462 e. The summed E-state index contributed by atoms with van der Waals surface area (Å²) < 4.78 is 16.8. The summed E-state index contributed by atoms with van der Waals surface area (Å²) >= 11 is 0. The minimum absolute atomic E-state index is 0.0740. The maximum atomic E-state index is 12.8. The highest BCUT2D eigenvalue weighted by Gasteiger charge is 2.19. The van der Waals surface area contributed by atoms with Crippen molar-refractivity contribution in [3.8, 4) is 0 Å². The van der Waals surface area contributed by atoms with Crippen LogP contribution in [0.5, 0.6) is 0 Å². The zero-order valence-electron chi connectivity index (χ0n) is 44.2. The average Bonchev–Trinajstić information content (AvgIpc) is 3.33. The van der Waals surface area contributed by atoms with E-state index in [9.17, 15) is 14.4 Å². The van der Waals surface area contributed by atoms with Gasteiger partial charge in [0.2, 0.25) is 0 Å². The fraction of sp³-hybridized carbons (Fsp3) is 0.754. The van der Waals surface area contributed by atoms with Gasteiger partial charge in [0.25, 0.3) is 0 Å². The first kappa shape index (κ1) is 63.8. The Balaban J connectivity index is 4.22. The average molecular weight is 936 g/mol. The van der Waals surface area contributed by atoms with Crippen molar-refractivity contribution in [2.24, 2.45) is 0 Å². The van der Waals surface area contributed by atoms with Crippen molar-refractivity contribution < 1.29 is 28.6 Å². The van der Waals surface area contributed by atoms with Crippen molar-refractivity contribution in [1.29, 1.82) is 0 Å². The smallest absolute Gasteiger partial charge is 0.306 e. The maximum Gasteiger partial charge on any atom is 0.306 e. The number of hydrogen-bond donors (Lipinski definition) is 0. The molecule has 0 heterocycles. The quantitative estimate of drug-likeness (QED) is 0.0262. The number of carbonyl (C=O) groups excluding carboxylic acids is 3. The molecule has 6 nitrogen and oxygen atoms in total. The van der Waals surface area contributed by atoms with Crippen LogP contribution in [0.25, 0.3) is 0 Å². The lowest BCUT2D eigenvalue weighted by Gasteiger charge is -2.18. The number of allylic oxidation sites excluding steroid dienone is 12. The standard InChI is InChI=1S/C61H106O6/c1-4-7-10-13-16-19-22-24-25-26-27-28-29-30-31-32-33-34-35-36-37-38-40-42-45-48-51-54-60(63)66-57-58(56-65-59(62)53-50-47-44-41-21-18-15-12-9-6-3)67-61(64)55-52-49-46-43-39-23-20-17-14-11-8-5-2/h7,10,16,19,24-25,27-28,30-31,33-34,58H,4-6,8-9,11-15,17-18,20-23,26,29,32,35-57H2,1-3H3/b10-7-,19-16-,25-24-,28-27-,31-30-,34-33-. The summed E-state index contributed by atoms with van der Waals surface area (Å²) in [7, 11) is 0. The molecule has 0 aromatic carbocycles. The molecular weight excluding hydrogens is 829 g/mol. The van der Waals surface area contributed by atoms with Crippen molar-refractivity contribution in [1.82, 2.24) is 0 Å². The van der Waals surface area contributed by atoms with Gasteiger partial charge in [-0.25, -0.2) is 0 Å². The molecule has 0 spiro atoms. The Bertz CT molecular complexity index is 1260. The molecule has 0 N–H and O–H groups in total. The van der Waals surface area contributed by atoms with Crippen molar-refractivity contribution in [3.63, 3.8) is 0 Å². The molecule has 386 valence electrons. The lowest BCUT2D eigenvalue weighted by molar-refractivity contribution is -0.167. The Morgan fingerprint density at radius 2 is 0.582 bits per heavy atom. The van der Waals surface area contributed by atoms with E-state index in [1.165, 1.54) is 135 Å². The molecule has 0 saturated carbocycles. The van der Waals surface area contributed by atoms with Gasteiger partial charge in [0.15, 0.2) is 6.10 Å². The number of ether oxygens (including phenoxy) is 3. The molecule has 0 fully saturated rings. The first-order chi connectivity index (χ1) is 33.0. The van der Waals surface area contributed by atoms with Crippen LogP contribution < -0.4 is 0 Å². The van der Waals surface area contributed by atoms with Gasteiger partial charge in [-0.3, -0.25) is 14.4 Å². The van der Waals surface area contributed by atoms with Gasteiger partial charge in [-0.15, -0.1) is 0 Å². The van der Waals surface area contributed by atoms with E-state index in [1.807, 2.05) is 0 Å². The molecular formula is C61H106O6. The van der Waals surface area contributed by atoms with E-state index in [1.54, 1.807) is 0 Å². The van der Waals surface area contributed by atoms with Crippen LogP contribution in [0.1, 0.15) is 278 Å². The molecule has 1 atom stereocenters. The van der Waals surface area contributed by atoms with Crippen LogP contribution in [-0.2, 0) is 28.6 Å². The lowest BCUT2D eigenvalue weighted by Crippen LogP contribution is -2.30. The normalized spacial score (nSPS) is 12.6. The van der Waals surface area contributed by atoms with Crippen molar-refractivity contribution >= 4 is 17.9 Å². The highest BCUT2D eigenvalue weighted by molar-refractivity contribution is 5.71. The molecule has 6 heteroatoms. The molecule has 0 aromatic heterocycles. The maximum absolute atomic E-state index is 12.8. The number of rotatable bonds is 51. The molecule has 0 aliphatic carbocycles. The fourth-order valence-corrected chi connectivity index (χ4v) is 7.98. The van der Waals surface area contributed by atoms with Crippen LogP contribution in [-0.4, -0.2) is 37.2 Å². The van der Waals surface area contributed by atoms with Crippen LogP contribution >= 0.6 is 0 Å². The highest BCUT2D eigenvalue weighted by atomic mass is 16.6. The third-order valence-electron chi connectivity index (χ3n) is 12.2. The summed E-state index contributed by atoms with van der Waals surface area (Å²) in [5.41, 5.74) is 0. The van der Waals surface area contributed by atoms with E-state index in [4.69, 9.17) is 14.2 Å². The van der Waals surface area contributed by atoms with E-state index in [0.717, 1.165) is 103 Å². The highest BCUT2D eigenvalue weighted by Crippen LogP contribution is 2.16. The molecule has 0 aliphatic heterocycles. The minimum atomic E-state index is -0.773. The summed E-state index contributed by atoms with van der Waals surface area (Å²) in [4.78, 5) is 38.0. The van der Waals surface area contributed by atoms with Gasteiger partial charge in [0.1, 0.15) is 13.2 Å². The summed E-state index contributed by atoms with van der Waals surface area (Å²) in [6, 6.07) is 0. The van der Waals surface area contributed by atoms with Gasteiger partial charge in [0.05, 0.1) is 0 Å². The number of unbranched alkanes of at least 4 members (excludes halogenated alkanes) is 28. The Morgan fingerprint density at radius 1 is 0.313 bits per heavy atom. The van der Waals surface area contributed by atoms with Crippen molar-refractivity contribution in [2.75, 3.05) is 13.2 Å². The first-order valence-electron chi connectivity index (χ1n) is 28.4. The van der Waals surface area contributed by atoms with Gasteiger partial charge in [-0.05, 0) is 70.6 Å². The number of esters is 3. The van der Waals surface area contributed by atoms with E-state index >= 15 is 0 Å². The van der Waals surface area contributed by atoms with Crippen molar-refractivity contribution in [2.45, 2.75) is 284 Å². The second-order valence-corrected chi connectivity index (χ2v) is 18.8. The predicted molar refractivity (Wildman–Crippen MR) is 288 cm³/mol. The fourth-order valence-electron chi connectivity index (χ4n) is 7.98. The van der Waals surface area contributed by atoms with E-state index in [0.29, 0.717) is 19.3 Å². The van der Waals surface area contributed by atoms with E-state index in [-0.39, 0.29) is 31.1 Å². The predicted octanol–water partition coefficient (Wildman–Crippen LogP) is 19.0. The van der Waals surface area contributed by atoms with Gasteiger partial charge < -0.3 is 14.2 Å². The van der Waals surface area contributed by atoms with Gasteiger partial charge >= 0.3 is 17.9 Å². The third kappa shape index (κ3) is 53.7. The molecule has 0 aromatic rings. The lowest BCUT2D eigenvalue weighted by atomic mass is 10.0. The zero-order valence-corrected chi connectivity index (χ0v) is 44.2. The van der Waals surface area contributed by atoms with Crippen LogP contribution in [0, 0.1) is 0 Å². The van der Waals surface area contributed by atoms with Gasteiger partial charge in [-0.1, -0.05) is 261 Å². The topological polar surface area (TPSA) is 78.9 Å². The van der Waals surface area contributed by atoms with Crippen LogP contribution in [0.3, 0.4) is 0 Å². The number of carbonyl (C=O) groups is 3. The zero-order chi connectivity index (χ0) is 48.6. The van der Waals surface area contributed by atoms with Gasteiger partial charge in [0, 0.05) is 19.3 Å². The number of hydrogen-bond acceptors (Lipinski definition) is 6. The first-order valence-corrected chi connectivity index (χ1v) is 28.4. The second kappa shape index (κ2) is 55.4. The molecule has 0 rings (SSSR count). The molecule has 67 heavy (non-hydrogen) atoms. The molecule has 0 aliphatic rings. The second-order valence-electron chi connectivity index (χ2n) is 18.8. The Hall–Kier alpha value is -3.15. The Labute approximate surface area is 414 Å². The largest absolute Gasteiger partial charge is 0.462 e. The van der Waals surface area contributed by atoms with Crippen LogP contribution in [0.4, 0.5) is 0 Å². The summed E-state index contributed by atoms with van der Waals surface area (Å²) in [5, 5.41) is 0. The Kier molecular flexibility index (Phi) is 52.8.